The lowest BCUT2D eigenvalue weighted by molar-refractivity contribution is 0.673. The van der Waals surface area contributed by atoms with Gasteiger partial charge in [0.1, 0.15) is 11.2 Å². The van der Waals surface area contributed by atoms with Crippen LogP contribution in [0.1, 0.15) is 4.88 Å². The third-order valence-electron chi connectivity index (χ3n) is 5.34. The zero-order valence-electron chi connectivity index (χ0n) is 14.8. The topological polar surface area (TPSA) is 13.1 Å². The van der Waals surface area contributed by atoms with Gasteiger partial charge in [0.2, 0.25) is 0 Å². The van der Waals surface area contributed by atoms with Crippen molar-refractivity contribution in [2.45, 2.75) is 6.92 Å². The third-order valence-corrected chi connectivity index (χ3v) is 6.39. The van der Waals surface area contributed by atoms with Gasteiger partial charge in [-0.1, -0.05) is 30.3 Å². The molecule has 0 aliphatic carbocycles. The van der Waals surface area contributed by atoms with Crippen LogP contribution in [-0.2, 0) is 0 Å². The van der Waals surface area contributed by atoms with Gasteiger partial charge in [-0.3, -0.25) is 0 Å². The van der Waals surface area contributed by atoms with Gasteiger partial charge in [-0.2, -0.15) is 0 Å². The van der Waals surface area contributed by atoms with E-state index in [4.69, 9.17) is 4.42 Å². The van der Waals surface area contributed by atoms with Crippen molar-refractivity contribution in [3.05, 3.63) is 83.7 Å². The quantitative estimate of drug-likeness (QED) is 0.270. The summed E-state index contributed by atoms with van der Waals surface area (Å²) < 4.78 is 6.31. The van der Waals surface area contributed by atoms with E-state index in [9.17, 15) is 0 Å². The van der Waals surface area contributed by atoms with E-state index in [1.165, 1.54) is 47.6 Å². The predicted octanol–water partition coefficient (Wildman–Crippen LogP) is 7.93. The molecule has 1 nitrogen and oxygen atoms in total. The molecule has 0 amide bonds. The van der Waals surface area contributed by atoms with Crippen molar-refractivity contribution in [3.8, 4) is 10.4 Å². The van der Waals surface area contributed by atoms with Crippen LogP contribution in [0.15, 0.2) is 83.3 Å². The first-order valence-corrected chi connectivity index (χ1v) is 9.92. The number of hydrogen-bond donors (Lipinski definition) is 0. The molecule has 0 saturated heterocycles. The fourth-order valence-corrected chi connectivity index (χ4v) is 4.85. The van der Waals surface area contributed by atoms with Crippen molar-refractivity contribution in [2.24, 2.45) is 0 Å². The largest absolute Gasteiger partial charge is 0.455 e. The van der Waals surface area contributed by atoms with Crippen LogP contribution < -0.4 is 0 Å². The van der Waals surface area contributed by atoms with E-state index in [1.807, 2.05) is 11.3 Å². The van der Waals surface area contributed by atoms with Crippen LogP contribution >= 0.6 is 11.3 Å². The normalized spacial score (nSPS) is 11.9. The Balaban J connectivity index is 1.68. The number of thiophene rings is 1. The first-order valence-electron chi connectivity index (χ1n) is 9.11. The van der Waals surface area contributed by atoms with Crippen molar-refractivity contribution in [1.29, 1.82) is 0 Å². The highest BCUT2D eigenvalue weighted by molar-refractivity contribution is 7.15. The maximum Gasteiger partial charge on any atom is 0.143 e. The van der Waals surface area contributed by atoms with Gasteiger partial charge in [-0.15, -0.1) is 11.3 Å². The average Bonchev–Trinajstić information content (AvgIpc) is 3.29. The second kappa shape index (κ2) is 5.45. The van der Waals surface area contributed by atoms with E-state index in [1.54, 1.807) is 0 Å². The summed E-state index contributed by atoms with van der Waals surface area (Å²) in [7, 11) is 0. The summed E-state index contributed by atoms with van der Waals surface area (Å²) in [5, 5.41) is 7.26. The highest BCUT2D eigenvalue weighted by Gasteiger charge is 2.12. The minimum Gasteiger partial charge on any atom is -0.455 e. The van der Waals surface area contributed by atoms with Crippen molar-refractivity contribution in [1.82, 2.24) is 0 Å². The van der Waals surface area contributed by atoms with Gasteiger partial charge >= 0.3 is 0 Å². The van der Waals surface area contributed by atoms with E-state index in [0.717, 1.165) is 11.2 Å². The molecule has 0 radical (unpaired) electrons. The fraction of sp³-hybridized carbons (Fsp3) is 0.0400. The lowest BCUT2D eigenvalue weighted by Gasteiger charge is -2.03. The molecule has 128 valence electrons. The molecule has 6 rings (SSSR count). The lowest BCUT2D eigenvalue weighted by atomic mass is 10.0. The van der Waals surface area contributed by atoms with E-state index in [2.05, 4.69) is 85.8 Å². The summed E-state index contributed by atoms with van der Waals surface area (Å²) in [5.74, 6) is 0. The Morgan fingerprint density at radius 2 is 1.52 bits per heavy atom. The molecule has 2 heterocycles. The molecule has 0 bridgehead atoms. The summed E-state index contributed by atoms with van der Waals surface area (Å²) >= 11 is 1.83. The molecule has 0 fully saturated rings. The van der Waals surface area contributed by atoms with E-state index < -0.39 is 0 Å². The summed E-state index contributed by atoms with van der Waals surface area (Å²) in [6, 6.07) is 28.3. The molecule has 0 saturated carbocycles. The van der Waals surface area contributed by atoms with Crippen LogP contribution in [0.25, 0.3) is 53.9 Å². The van der Waals surface area contributed by atoms with Gasteiger partial charge in [0.15, 0.2) is 0 Å². The van der Waals surface area contributed by atoms with E-state index >= 15 is 0 Å². The molecule has 6 aromatic rings. The predicted molar refractivity (Wildman–Crippen MR) is 117 cm³/mol. The van der Waals surface area contributed by atoms with Gasteiger partial charge in [0.05, 0.1) is 0 Å². The molecule has 27 heavy (non-hydrogen) atoms. The summed E-state index contributed by atoms with van der Waals surface area (Å²) in [6.45, 7) is 2.15. The highest BCUT2D eigenvalue weighted by Crippen LogP contribution is 2.38. The van der Waals surface area contributed by atoms with Crippen LogP contribution in [-0.4, -0.2) is 0 Å². The molecule has 0 aliphatic rings. The van der Waals surface area contributed by atoms with Gasteiger partial charge in [-0.25, -0.2) is 0 Å². The Morgan fingerprint density at radius 3 is 2.33 bits per heavy atom. The molecule has 0 spiro atoms. The standard InChI is InChI=1S/C25H16OS/c1-15-6-11-24(27-15)19-8-10-23-22(14-19)20-9-7-18-12-16-4-2-3-5-17(16)13-21(18)25(20)26-23/h2-14H,1H3. The highest BCUT2D eigenvalue weighted by atomic mass is 32.1. The minimum absolute atomic E-state index is 0.947. The minimum atomic E-state index is 0.947. The second-order valence-electron chi connectivity index (χ2n) is 7.09. The zero-order valence-corrected chi connectivity index (χ0v) is 15.6. The number of furan rings is 1. The molecular weight excluding hydrogens is 348 g/mol. The number of hydrogen-bond acceptors (Lipinski definition) is 2. The molecular formula is C25H16OS. The Hall–Kier alpha value is -3.10. The van der Waals surface area contributed by atoms with Crippen molar-refractivity contribution in [2.75, 3.05) is 0 Å². The summed E-state index contributed by atoms with van der Waals surface area (Å²) in [4.78, 5) is 2.63. The van der Waals surface area contributed by atoms with Crippen molar-refractivity contribution < 1.29 is 4.42 Å². The summed E-state index contributed by atoms with van der Waals surface area (Å²) in [5.41, 5.74) is 3.18. The molecule has 0 aliphatic heterocycles. The third kappa shape index (κ3) is 2.23. The Morgan fingerprint density at radius 1 is 0.667 bits per heavy atom. The zero-order chi connectivity index (χ0) is 18.0. The molecule has 2 aromatic heterocycles. The molecule has 0 unspecified atom stereocenters. The lowest BCUT2D eigenvalue weighted by Crippen LogP contribution is -1.77. The SMILES string of the molecule is Cc1ccc(-c2ccc3oc4c5cc6ccccc6cc5ccc4c3c2)s1. The van der Waals surface area contributed by atoms with Crippen LogP contribution in [0.4, 0.5) is 0 Å². The Labute approximate surface area is 160 Å². The Kier molecular flexibility index (Phi) is 3.03. The number of fused-ring (bicyclic) bond motifs is 6. The number of rotatable bonds is 1. The van der Waals surface area contributed by atoms with Crippen molar-refractivity contribution >= 4 is 54.8 Å². The second-order valence-corrected chi connectivity index (χ2v) is 8.37. The average molecular weight is 364 g/mol. The van der Waals surface area contributed by atoms with Gasteiger partial charge in [0, 0.05) is 25.9 Å². The van der Waals surface area contributed by atoms with Crippen LogP contribution in [0, 0.1) is 6.92 Å². The number of aryl methyl sites for hydroxylation is 1. The fourth-order valence-electron chi connectivity index (χ4n) is 3.99. The summed E-state index contributed by atoms with van der Waals surface area (Å²) in [6.07, 6.45) is 0. The van der Waals surface area contributed by atoms with Gasteiger partial charge < -0.3 is 4.42 Å². The molecule has 2 heteroatoms. The van der Waals surface area contributed by atoms with Gasteiger partial charge in [0.25, 0.3) is 0 Å². The van der Waals surface area contributed by atoms with Crippen LogP contribution in [0.5, 0.6) is 0 Å². The van der Waals surface area contributed by atoms with E-state index in [-0.39, 0.29) is 0 Å². The molecule has 4 aromatic carbocycles. The van der Waals surface area contributed by atoms with Crippen LogP contribution in [0.3, 0.4) is 0 Å². The van der Waals surface area contributed by atoms with Gasteiger partial charge in [-0.05, 0) is 77.2 Å². The first-order chi connectivity index (χ1) is 13.3. The molecule has 0 N–H and O–H groups in total. The first kappa shape index (κ1) is 15.0. The van der Waals surface area contributed by atoms with Crippen molar-refractivity contribution in [3.63, 3.8) is 0 Å². The van der Waals surface area contributed by atoms with Crippen LogP contribution in [0.2, 0.25) is 0 Å². The monoisotopic (exact) mass is 364 g/mol. The molecule has 0 atom stereocenters. The smallest absolute Gasteiger partial charge is 0.143 e. The Bertz CT molecular complexity index is 1480. The van der Waals surface area contributed by atoms with E-state index in [0.29, 0.717) is 0 Å². The maximum atomic E-state index is 6.31. The number of benzene rings is 4. The maximum absolute atomic E-state index is 6.31.